The van der Waals surface area contributed by atoms with Crippen LogP contribution in [0.2, 0.25) is 0 Å². The van der Waals surface area contributed by atoms with E-state index in [-0.39, 0.29) is 11.8 Å². The molecule has 0 bridgehead atoms. The summed E-state index contributed by atoms with van der Waals surface area (Å²) < 4.78 is 1.71. The number of aryl methyl sites for hydroxylation is 2. The number of nitrogens with zero attached hydrogens (tertiary/aromatic N) is 3. The molecule has 1 fully saturated rings. The summed E-state index contributed by atoms with van der Waals surface area (Å²) in [5.41, 5.74) is 0. The van der Waals surface area contributed by atoms with Crippen molar-refractivity contribution in [1.82, 2.24) is 14.8 Å². The van der Waals surface area contributed by atoms with Gasteiger partial charge in [0, 0.05) is 13.0 Å². The molecule has 1 aliphatic carbocycles. The Hall–Kier alpha value is -1.39. The lowest BCUT2D eigenvalue weighted by atomic mass is 9.95. The van der Waals surface area contributed by atoms with E-state index in [4.69, 9.17) is 5.11 Å². The minimum atomic E-state index is -0.710. The zero-order valence-electron chi connectivity index (χ0n) is 8.97. The molecule has 0 radical (unpaired) electrons. The maximum Gasteiger partial charge on any atom is 0.307 e. The van der Waals surface area contributed by atoms with E-state index in [9.17, 15) is 4.79 Å². The number of rotatable bonds is 2. The predicted octanol–water partition coefficient (Wildman–Crippen LogP) is 1.09. The largest absolute Gasteiger partial charge is 0.481 e. The number of aliphatic carboxylic acids is 1. The van der Waals surface area contributed by atoms with E-state index < -0.39 is 5.97 Å². The Balaban J connectivity index is 2.30. The normalized spacial score (nSPS) is 25.7. The van der Waals surface area contributed by atoms with Crippen LogP contribution < -0.4 is 0 Å². The Morgan fingerprint density at radius 3 is 2.80 bits per heavy atom. The molecule has 1 N–H and O–H groups in total. The Labute approximate surface area is 88.1 Å². The second-order valence-electron chi connectivity index (χ2n) is 4.12. The summed E-state index contributed by atoms with van der Waals surface area (Å²) in [7, 11) is 1.83. The van der Waals surface area contributed by atoms with E-state index in [1.165, 1.54) is 0 Å². The zero-order chi connectivity index (χ0) is 11.0. The highest BCUT2D eigenvalue weighted by Crippen LogP contribution is 2.38. The second-order valence-corrected chi connectivity index (χ2v) is 4.12. The van der Waals surface area contributed by atoms with Crippen LogP contribution in [0.5, 0.6) is 0 Å². The van der Waals surface area contributed by atoms with Crippen LogP contribution in [0.3, 0.4) is 0 Å². The molecule has 1 heterocycles. The molecule has 0 spiro atoms. The van der Waals surface area contributed by atoms with E-state index in [2.05, 4.69) is 10.1 Å². The smallest absolute Gasteiger partial charge is 0.307 e. The molecule has 15 heavy (non-hydrogen) atoms. The van der Waals surface area contributed by atoms with Crippen molar-refractivity contribution >= 4 is 5.97 Å². The van der Waals surface area contributed by atoms with E-state index in [1.54, 1.807) is 4.68 Å². The Bertz CT molecular complexity index is 386. The molecular weight excluding hydrogens is 194 g/mol. The average Bonchev–Trinajstić information content (AvgIpc) is 2.71. The van der Waals surface area contributed by atoms with E-state index in [0.29, 0.717) is 5.82 Å². The van der Waals surface area contributed by atoms with Gasteiger partial charge in [-0.15, -0.1) is 0 Å². The van der Waals surface area contributed by atoms with Crippen LogP contribution in [0.1, 0.15) is 36.8 Å². The molecule has 1 saturated carbocycles. The van der Waals surface area contributed by atoms with Gasteiger partial charge in [0.15, 0.2) is 0 Å². The molecule has 5 heteroatoms. The highest BCUT2D eigenvalue weighted by atomic mass is 16.4. The first-order valence-electron chi connectivity index (χ1n) is 5.20. The van der Waals surface area contributed by atoms with Gasteiger partial charge in [0.2, 0.25) is 0 Å². The number of hydrogen-bond acceptors (Lipinski definition) is 3. The molecule has 82 valence electrons. The summed E-state index contributed by atoms with van der Waals surface area (Å²) in [5.74, 6) is 0.570. The third-order valence-corrected chi connectivity index (χ3v) is 3.07. The number of carboxylic acid groups (broad SMARTS) is 1. The minimum absolute atomic E-state index is 0.0358. The molecule has 0 aliphatic heterocycles. The van der Waals surface area contributed by atoms with Gasteiger partial charge in [0.1, 0.15) is 11.6 Å². The van der Waals surface area contributed by atoms with Gasteiger partial charge >= 0.3 is 5.97 Å². The van der Waals surface area contributed by atoms with Crippen LogP contribution in [0.4, 0.5) is 0 Å². The monoisotopic (exact) mass is 209 g/mol. The predicted molar refractivity (Wildman–Crippen MR) is 53.5 cm³/mol. The van der Waals surface area contributed by atoms with Gasteiger partial charge in [-0.05, 0) is 19.8 Å². The fourth-order valence-corrected chi connectivity index (χ4v) is 2.42. The van der Waals surface area contributed by atoms with E-state index >= 15 is 0 Å². The first-order chi connectivity index (χ1) is 7.09. The molecule has 2 rings (SSSR count). The number of carboxylic acids is 1. The van der Waals surface area contributed by atoms with Crippen molar-refractivity contribution in [3.63, 3.8) is 0 Å². The van der Waals surface area contributed by atoms with E-state index in [0.717, 1.165) is 25.1 Å². The Kier molecular flexibility index (Phi) is 2.46. The van der Waals surface area contributed by atoms with Crippen LogP contribution in [-0.4, -0.2) is 25.8 Å². The molecule has 0 saturated heterocycles. The van der Waals surface area contributed by atoms with Gasteiger partial charge < -0.3 is 5.11 Å². The van der Waals surface area contributed by atoms with Crippen LogP contribution in [0.25, 0.3) is 0 Å². The van der Waals surface area contributed by atoms with Crippen molar-refractivity contribution in [2.24, 2.45) is 13.0 Å². The summed E-state index contributed by atoms with van der Waals surface area (Å²) in [6.45, 7) is 1.83. The quantitative estimate of drug-likeness (QED) is 0.791. The van der Waals surface area contributed by atoms with Crippen LogP contribution in [-0.2, 0) is 11.8 Å². The van der Waals surface area contributed by atoms with Gasteiger partial charge in [-0.3, -0.25) is 9.48 Å². The van der Waals surface area contributed by atoms with Crippen molar-refractivity contribution in [2.75, 3.05) is 0 Å². The molecule has 1 aromatic rings. The summed E-state index contributed by atoms with van der Waals surface area (Å²) in [6, 6.07) is 0. The van der Waals surface area contributed by atoms with Crippen molar-refractivity contribution in [3.8, 4) is 0 Å². The maximum absolute atomic E-state index is 11.0. The maximum atomic E-state index is 11.0. The highest BCUT2D eigenvalue weighted by Gasteiger charge is 2.36. The highest BCUT2D eigenvalue weighted by molar-refractivity contribution is 5.71. The lowest BCUT2D eigenvalue weighted by Crippen LogP contribution is -2.19. The standard InChI is InChI=1S/C10H15N3O2/c1-6-11-9(13(2)12-6)7-4-3-5-8(7)10(14)15/h7-8H,3-5H2,1-2H3,(H,14,15). The molecule has 2 unspecified atom stereocenters. The fourth-order valence-electron chi connectivity index (χ4n) is 2.42. The van der Waals surface area contributed by atoms with Gasteiger partial charge in [-0.2, -0.15) is 5.10 Å². The summed E-state index contributed by atoms with van der Waals surface area (Å²) in [6.07, 6.45) is 2.63. The fraction of sp³-hybridized carbons (Fsp3) is 0.700. The average molecular weight is 209 g/mol. The zero-order valence-corrected chi connectivity index (χ0v) is 8.97. The van der Waals surface area contributed by atoms with E-state index in [1.807, 2.05) is 14.0 Å². The van der Waals surface area contributed by atoms with Crippen molar-refractivity contribution < 1.29 is 9.90 Å². The van der Waals surface area contributed by atoms with Gasteiger partial charge in [-0.1, -0.05) is 6.42 Å². The van der Waals surface area contributed by atoms with Crippen LogP contribution >= 0.6 is 0 Å². The Morgan fingerprint density at radius 1 is 1.53 bits per heavy atom. The van der Waals surface area contributed by atoms with Crippen molar-refractivity contribution in [1.29, 1.82) is 0 Å². The SMILES string of the molecule is Cc1nc(C2CCCC2C(=O)O)n(C)n1. The number of aromatic nitrogens is 3. The molecule has 1 aromatic heterocycles. The molecule has 0 amide bonds. The molecule has 2 atom stereocenters. The Morgan fingerprint density at radius 2 is 2.27 bits per heavy atom. The summed E-state index contributed by atoms with van der Waals surface area (Å²) in [5, 5.41) is 13.2. The molecule has 5 nitrogen and oxygen atoms in total. The lowest BCUT2D eigenvalue weighted by Gasteiger charge is -2.13. The molecule has 0 aromatic carbocycles. The van der Waals surface area contributed by atoms with Crippen molar-refractivity contribution in [2.45, 2.75) is 32.1 Å². The van der Waals surface area contributed by atoms with Gasteiger partial charge in [0.25, 0.3) is 0 Å². The molecule has 1 aliphatic rings. The first-order valence-corrected chi connectivity index (χ1v) is 5.20. The summed E-state index contributed by atoms with van der Waals surface area (Å²) >= 11 is 0. The van der Waals surface area contributed by atoms with Gasteiger partial charge in [0.05, 0.1) is 5.92 Å². The number of carbonyl (C=O) groups is 1. The topological polar surface area (TPSA) is 68.0 Å². The van der Waals surface area contributed by atoms with Crippen molar-refractivity contribution in [3.05, 3.63) is 11.6 Å². The lowest BCUT2D eigenvalue weighted by molar-refractivity contribution is -0.142. The van der Waals surface area contributed by atoms with Gasteiger partial charge in [-0.25, -0.2) is 4.98 Å². The summed E-state index contributed by atoms with van der Waals surface area (Å²) in [4.78, 5) is 15.4. The second kappa shape index (κ2) is 3.64. The minimum Gasteiger partial charge on any atom is -0.481 e. The van der Waals surface area contributed by atoms with Crippen LogP contribution in [0, 0.1) is 12.8 Å². The number of hydrogen-bond donors (Lipinski definition) is 1. The van der Waals surface area contributed by atoms with Crippen LogP contribution in [0.15, 0.2) is 0 Å². The first kappa shape index (κ1) is 10.1. The third-order valence-electron chi connectivity index (χ3n) is 3.07. The third kappa shape index (κ3) is 1.73. The molecular formula is C10H15N3O2.